The fourth-order valence-electron chi connectivity index (χ4n) is 3.50. The molecule has 0 aromatic heterocycles. The van der Waals surface area contributed by atoms with Crippen molar-refractivity contribution in [2.75, 3.05) is 5.32 Å². The Labute approximate surface area is 175 Å². The van der Waals surface area contributed by atoms with Gasteiger partial charge in [-0.25, -0.2) is 0 Å². The van der Waals surface area contributed by atoms with Gasteiger partial charge in [-0.3, -0.25) is 14.4 Å². The van der Waals surface area contributed by atoms with E-state index in [-0.39, 0.29) is 18.6 Å². The number of aryl methyl sites for hydroxylation is 2. The molecule has 0 heterocycles. The molecule has 3 rings (SSSR count). The number of anilines is 1. The maximum absolute atomic E-state index is 12.4. The van der Waals surface area contributed by atoms with E-state index in [2.05, 4.69) is 5.32 Å². The third-order valence-electron chi connectivity index (χ3n) is 5.21. The molecule has 2 aromatic carbocycles. The van der Waals surface area contributed by atoms with E-state index in [1.807, 2.05) is 24.3 Å². The molecule has 30 heavy (non-hydrogen) atoms. The quantitative estimate of drug-likeness (QED) is 0.556. The number of hydrogen-bond donors (Lipinski definition) is 1. The van der Waals surface area contributed by atoms with E-state index in [9.17, 15) is 14.4 Å². The standard InChI is InChI=1S/C24H24N2O4/c1-16(24(29)26-21-9-5-4-8-20(21)15-25)30-23(28)13-12-22(27)19-11-10-17-6-2-3-7-18(17)14-19/h4-5,8-11,14,16H,2-3,6-7,12-13H2,1H3,(H,26,29)/t16-/m1/s1. The monoisotopic (exact) mass is 404 g/mol. The smallest absolute Gasteiger partial charge is 0.307 e. The van der Waals surface area contributed by atoms with E-state index in [4.69, 9.17) is 10.00 Å². The van der Waals surface area contributed by atoms with Crippen molar-refractivity contribution in [3.63, 3.8) is 0 Å². The molecule has 1 atom stereocenters. The highest BCUT2D eigenvalue weighted by molar-refractivity contribution is 5.98. The summed E-state index contributed by atoms with van der Waals surface area (Å²) in [5.41, 5.74) is 3.81. The Balaban J connectivity index is 1.49. The van der Waals surface area contributed by atoms with Gasteiger partial charge in [0.15, 0.2) is 11.9 Å². The van der Waals surface area contributed by atoms with Crippen molar-refractivity contribution in [2.24, 2.45) is 0 Å². The lowest BCUT2D eigenvalue weighted by molar-refractivity contribution is -0.153. The molecule has 6 nitrogen and oxygen atoms in total. The number of para-hydroxylation sites is 1. The van der Waals surface area contributed by atoms with E-state index < -0.39 is 18.0 Å². The number of rotatable bonds is 7. The number of amides is 1. The number of esters is 1. The van der Waals surface area contributed by atoms with Gasteiger partial charge >= 0.3 is 5.97 Å². The summed E-state index contributed by atoms with van der Waals surface area (Å²) in [5, 5.41) is 11.7. The lowest BCUT2D eigenvalue weighted by atomic mass is 9.89. The van der Waals surface area contributed by atoms with Crippen molar-refractivity contribution < 1.29 is 19.1 Å². The molecule has 0 saturated heterocycles. The molecule has 0 unspecified atom stereocenters. The van der Waals surface area contributed by atoms with Crippen molar-refractivity contribution in [1.82, 2.24) is 0 Å². The summed E-state index contributed by atoms with van der Waals surface area (Å²) < 4.78 is 5.15. The van der Waals surface area contributed by atoms with E-state index in [0.29, 0.717) is 16.8 Å². The van der Waals surface area contributed by atoms with Crippen molar-refractivity contribution in [3.05, 3.63) is 64.7 Å². The molecular weight excluding hydrogens is 380 g/mol. The largest absolute Gasteiger partial charge is 0.453 e. The zero-order chi connectivity index (χ0) is 21.5. The first kappa shape index (κ1) is 21.3. The average molecular weight is 404 g/mol. The first-order valence-corrected chi connectivity index (χ1v) is 10.1. The number of ether oxygens (including phenoxy) is 1. The minimum absolute atomic E-state index is 0.0310. The average Bonchev–Trinajstić information content (AvgIpc) is 2.77. The number of benzene rings is 2. The van der Waals surface area contributed by atoms with E-state index in [1.165, 1.54) is 24.5 Å². The summed E-state index contributed by atoms with van der Waals surface area (Å²) >= 11 is 0. The number of ketones is 1. The SMILES string of the molecule is C[C@@H](OC(=O)CCC(=O)c1ccc2c(c1)CCCC2)C(=O)Nc1ccccc1C#N. The first-order valence-electron chi connectivity index (χ1n) is 10.1. The van der Waals surface area contributed by atoms with Crippen LogP contribution in [-0.4, -0.2) is 23.8 Å². The van der Waals surface area contributed by atoms with Gasteiger partial charge in [0.1, 0.15) is 6.07 Å². The van der Waals surface area contributed by atoms with Gasteiger partial charge in [0, 0.05) is 12.0 Å². The van der Waals surface area contributed by atoms with Crippen LogP contribution in [0.25, 0.3) is 0 Å². The number of nitrogens with zero attached hydrogens (tertiary/aromatic N) is 1. The Bertz CT molecular complexity index is 1010. The molecule has 2 aromatic rings. The molecule has 0 radical (unpaired) electrons. The minimum atomic E-state index is -1.04. The van der Waals surface area contributed by atoms with Crippen LogP contribution in [0.4, 0.5) is 5.69 Å². The number of hydrogen-bond acceptors (Lipinski definition) is 5. The summed E-state index contributed by atoms with van der Waals surface area (Å²) in [6.07, 6.45) is 3.25. The highest BCUT2D eigenvalue weighted by Gasteiger charge is 2.20. The molecule has 1 N–H and O–H groups in total. The molecule has 1 aliphatic carbocycles. The van der Waals surface area contributed by atoms with Gasteiger partial charge in [-0.15, -0.1) is 0 Å². The predicted octanol–water partition coefficient (Wildman–Crippen LogP) is 3.97. The van der Waals surface area contributed by atoms with Gasteiger partial charge in [-0.2, -0.15) is 5.26 Å². The first-order chi connectivity index (χ1) is 14.5. The van der Waals surface area contributed by atoms with Crippen LogP contribution in [0.15, 0.2) is 42.5 Å². The van der Waals surface area contributed by atoms with Crippen LogP contribution >= 0.6 is 0 Å². The lowest BCUT2D eigenvalue weighted by Crippen LogP contribution is -2.30. The van der Waals surface area contributed by atoms with Gasteiger partial charge in [0.2, 0.25) is 0 Å². The highest BCUT2D eigenvalue weighted by Crippen LogP contribution is 2.23. The molecule has 154 valence electrons. The van der Waals surface area contributed by atoms with Crippen LogP contribution in [0.5, 0.6) is 0 Å². The Hall–Kier alpha value is -3.46. The molecule has 0 spiro atoms. The number of fused-ring (bicyclic) bond motifs is 1. The third-order valence-corrected chi connectivity index (χ3v) is 5.21. The maximum Gasteiger partial charge on any atom is 0.307 e. The number of carbonyl (C=O) groups is 3. The summed E-state index contributed by atoms with van der Waals surface area (Å²) in [6.45, 7) is 1.45. The van der Waals surface area contributed by atoms with Crippen molar-refractivity contribution >= 4 is 23.3 Å². The molecular formula is C24H24N2O4. The van der Waals surface area contributed by atoms with Crippen LogP contribution in [-0.2, 0) is 27.2 Å². The summed E-state index contributed by atoms with van der Waals surface area (Å²) in [4.78, 5) is 36.8. The van der Waals surface area contributed by atoms with Gasteiger partial charge in [0.05, 0.1) is 17.7 Å². The van der Waals surface area contributed by atoms with Crippen molar-refractivity contribution in [1.29, 1.82) is 5.26 Å². The number of nitrogens with one attached hydrogen (secondary N) is 1. The number of nitriles is 1. The maximum atomic E-state index is 12.4. The second-order valence-corrected chi connectivity index (χ2v) is 7.39. The fourth-order valence-corrected chi connectivity index (χ4v) is 3.50. The van der Waals surface area contributed by atoms with E-state index >= 15 is 0 Å². The summed E-state index contributed by atoms with van der Waals surface area (Å²) in [5.74, 6) is -1.26. The minimum Gasteiger partial charge on any atom is -0.453 e. The Kier molecular flexibility index (Phi) is 6.97. The van der Waals surface area contributed by atoms with Gasteiger partial charge in [-0.05, 0) is 61.9 Å². The molecule has 0 saturated carbocycles. The molecule has 0 aliphatic heterocycles. The highest BCUT2D eigenvalue weighted by atomic mass is 16.5. The third kappa shape index (κ3) is 5.32. The number of carbonyl (C=O) groups excluding carboxylic acids is 3. The summed E-state index contributed by atoms with van der Waals surface area (Å²) in [6, 6.07) is 14.3. The number of Topliss-reactive ketones (excluding diaryl/α,β-unsaturated/α-hetero) is 1. The second kappa shape index (κ2) is 9.84. The van der Waals surface area contributed by atoms with Crippen molar-refractivity contribution in [3.8, 4) is 6.07 Å². The summed E-state index contributed by atoms with van der Waals surface area (Å²) in [7, 11) is 0. The Morgan fingerprint density at radius 3 is 2.57 bits per heavy atom. The van der Waals surface area contributed by atoms with Gasteiger partial charge < -0.3 is 10.1 Å². The Morgan fingerprint density at radius 2 is 1.80 bits per heavy atom. The topological polar surface area (TPSA) is 96.3 Å². The van der Waals surface area contributed by atoms with Crippen LogP contribution in [0.2, 0.25) is 0 Å². The van der Waals surface area contributed by atoms with Gasteiger partial charge in [-0.1, -0.05) is 24.3 Å². The second-order valence-electron chi connectivity index (χ2n) is 7.39. The molecule has 1 amide bonds. The molecule has 1 aliphatic rings. The lowest BCUT2D eigenvalue weighted by Gasteiger charge is -2.16. The zero-order valence-corrected chi connectivity index (χ0v) is 16.9. The van der Waals surface area contributed by atoms with Crippen molar-refractivity contribution in [2.45, 2.75) is 51.6 Å². The fraction of sp³-hybridized carbons (Fsp3) is 0.333. The van der Waals surface area contributed by atoms with Crippen LogP contribution < -0.4 is 5.32 Å². The van der Waals surface area contributed by atoms with E-state index in [1.54, 1.807) is 24.3 Å². The van der Waals surface area contributed by atoms with E-state index in [0.717, 1.165) is 19.3 Å². The molecule has 0 fully saturated rings. The normalized spacial score (nSPS) is 13.5. The molecule has 6 heteroatoms. The van der Waals surface area contributed by atoms with Crippen LogP contribution in [0, 0.1) is 11.3 Å². The van der Waals surface area contributed by atoms with Gasteiger partial charge in [0.25, 0.3) is 5.91 Å². The van der Waals surface area contributed by atoms with Crippen LogP contribution in [0.3, 0.4) is 0 Å². The zero-order valence-electron chi connectivity index (χ0n) is 16.9. The predicted molar refractivity (Wildman–Crippen MR) is 112 cm³/mol. The Morgan fingerprint density at radius 1 is 1.07 bits per heavy atom. The molecule has 0 bridgehead atoms. The van der Waals surface area contributed by atoms with Crippen LogP contribution in [0.1, 0.15) is 59.7 Å².